The largest absolute Gasteiger partial charge is 0.379 e. The Morgan fingerprint density at radius 2 is 2.17 bits per heavy atom. The predicted molar refractivity (Wildman–Crippen MR) is 77.1 cm³/mol. The lowest BCUT2D eigenvalue weighted by atomic mass is 10.1. The van der Waals surface area contributed by atoms with Crippen LogP contribution in [0.4, 0.5) is 0 Å². The van der Waals surface area contributed by atoms with E-state index < -0.39 is 0 Å². The summed E-state index contributed by atoms with van der Waals surface area (Å²) in [6, 6.07) is 1.74. The normalized spacial score (nSPS) is 22.7. The summed E-state index contributed by atoms with van der Waals surface area (Å²) in [5.74, 6) is 0. The first-order valence-electron chi connectivity index (χ1n) is 7.34. The minimum Gasteiger partial charge on any atom is -0.379 e. The summed E-state index contributed by atoms with van der Waals surface area (Å²) >= 11 is 0. The number of nitrogens with zero attached hydrogens (tertiary/aromatic N) is 1. The van der Waals surface area contributed by atoms with Crippen LogP contribution < -0.4 is 10.6 Å². The average molecular weight is 257 g/mol. The fourth-order valence-corrected chi connectivity index (χ4v) is 2.22. The number of morpholine rings is 1. The van der Waals surface area contributed by atoms with Crippen LogP contribution in [0, 0.1) is 0 Å². The molecule has 1 saturated heterocycles. The summed E-state index contributed by atoms with van der Waals surface area (Å²) in [6.07, 6.45) is 2.37. The van der Waals surface area contributed by atoms with Crippen molar-refractivity contribution in [2.75, 3.05) is 39.9 Å². The quantitative estimate of drug-likeness (QED) is 0.638. The van der Waals surface area contributed by atoms with E-state index in [2.05, 4.69) is 43.4 Å². The molecule has 1 heterocycles. The van der Waals surface area contributed by atoms with Crippen LogP contribution in [0.5, 0.6) is 0 Å². The highest BCUT2D eigenvalue weighted by atomic mass is 16.5. The summed E-state index contributed by atoms with van der Waals surface area (Å²) in [5.41, 5.74) is 0. The van der Waals surface area contributed by atoms with Crippen LogP contribution in [0.25, 0.3) is 0 Å². The smallest absolute Gasteiger partial charge is 0.0620 e. The van der Waals surface area contributed by atoms with Gasteiger partial charge in [0, 0.05) is 24.7 Å². The van der Waals surface area contributed by atoms with Gasteiger partial charge in [-0.1, -0.05) is 0 Å². The van der Waals surface area contributed by atoms with Gasteiger partial charge in [0.25, 0.3) is 0 Å². The highest BCUT2D eigenvalue weighted by Gasteiger charge is 2.15. The zero-order chi connectivity index (χ0) is 13.4. The van der Waals surface area contributed by atoms with E-state index in [1.165, 1.54) is 13.0 Å². The third kappa shape index (κ3) is 6.69. The van der Waals surface area contributed by atoms with Gasteiger partial charge in [-0.2, -0.15) is 0 Å². The number of ether oxygens (including phenoxy) is 1. The predicted octanol–water partition coefficient (Wildman–Crippen LogP) is 1.07. The van der Waals surface area contributed by atoms with Crippen molar-refractivity contribution >= 4 is 0 Å². The lowest BCUT2D eigenvalue weighted by molar-refractivity contribution is 0.0712. The van der Waals surface area contributed by atoms with Crippen molar-refractivity contribution < 1.29 is 4.74 Å². The van der Waals surface area contributed by atoms with E-state index in [1.807, 2.05) is 0 Å². The molecule has 18 heavy (non-hydrogen) atoms. The first kappa shape index (κ1) is 15.9. The highest BCUT2D eigenvalue weighted by molar-refractivity contribution is 4.75. The molecule has 2 N–H and O–H groups in total. The molecule has 2 atom stereocenters. The van der Waals surface area contributed by atoms with Crippen LogP contribution in [0.3, 0.4) is 0 Å². The van der Waals surface area contributed by atoms with Gasteiger partial charge in [-0.25, -0.2) is 0 Å². The van der Waals surface area contributed by atoms with Crippen LogP contribution >= 0.6 is 0 Å². The second-order valence-electron chi connectivity index (χ2n) is 5.74. The first-order valence-corrected chi connectivity index (χ1v) is 7.34. The topological polar surface area (TPSA) is 36.5 Å². The third-order valence-electron chi connectivity index (χ3n) is 3.70. The second kappa shape index (κ2) is 8.86. The molecule has 2 unspecified atom stereocenters. The molecular weight excluding hydrogens is 226 g/mol. The van der Waals surface area contributed by atoms with Crippen LogP contribution in [-0.2, 0) is 4.74 Å². The Bertz CT molecular complexity index is 205. The molecule has 1 rings (SSSR count). The highest BCUT2D eigenvalue weighted by Crippen LogP contribution is 2.02. The van der Waals surface area contributed by atoms with Gasteiger partial charge >= 0.3 is 0 Å². The van der Waals surface area contributed by atoms with Crippen molar-refractivity contribution in [3.8, 4) is 0 Å². The summed E-state index contributed by atoms with van der Waals surface area (Å²) in [6.45, 7) is 11.7. The van der Waals surface area contributed by atoms with Crippen molar-refractivity contribution in [3.05, 3.63) is 0 Å². The maximum atomic E-state index is 5.47. The molecule has 0 bridgehead atoms. The summed E-state index contributed by atoms with van der Waals surface area (Å²) in [4.78, 5) is 2.39. The Kier molecular flexibility index (Phi) is 7.82. The Morgan fingerprint density at radius 3 is 2.78 bits per heavy atom. The van der Waals surface area contributed by atoms with E-state index >= 15 is 0 Å². The molecule has 4 nitrogen and oxygen atoms in total. The Morgan fingerprint density at radius 1 is 1.39 bits per heavy atom. The summed E-state index contributed by atoms with van der Waals surface area (Å²) in [7, 11) is 2.19. The number of nitrogens with one attached hydrogen (secondary N) is 2. The lowest BCUT2D eigenvalue weighted by Crippen LogP contribution is -2.45. The van der Waals surface area contributed by atoms with Gasteiger partial charge in [0.1, 0.15) is 0 Å². The van der Waals surface area contributed by atoms with Gasteiger partial charge in [0.05, 0.1) is 13.2 Å². The number of hydrogen-bond donors (Lipinski definition) is 2. The summed E-state index contributed by atoms with van der Waals surface area (Å²) < 4.78 is 5.47. The molecule has 0 radical (unpaired) electrons. The van der Waals surface area contributed by atoms with Crippen molar-refractivity contribution in [1.29, 1.82) is 0 Å². The molecule has 4 heteroatoms. The van der Waals surface area contributed by atoms with Crippen LogP contribution in [0.1, 0.15) is 33.6 Å². The molecule has 0 aromatic heterocycles. The van der Waals surface area contributed by atoms with E-state index in [0.29, 0.717) is 18.1 Å². The van der Waals surface area contributed by atoms with E-state index in [0.717, 1.165) is 32.7 Å². The van der Waals surface area contributed by atoms with Gasteiger partial charge in [0.2, 0.25) is 0 Å². The van der Waals surface area contributed by atoms with Crippen molar-refractivity contribution in [1.82, 2.24) is 15.5 Å². The fourth-order valence-electron chi connectivity index (χ4n) is 2.22. The molecule has 108 valence electrons. The number of rotatable bonds is 8. The molecule has 1 aliphatic heterocycles. The van der Waals surface area contributed by atoms with Crippen molar-refractivity contribution in [2.24, 2.45) is 0 Å². The van der Waals surface area contributed by atoms with Gasteiger partial charge in [0.15, 0.2) is 0 Å². The SMILES string of the molecule is CC(CC1COCCN1)NCCCN(C)C(C)C. The van der Waals surface area contributed by atoms with E-state index in [1.54, 1.807) is 0 Å². The average Bonchev–Trinajstić information content (AvgIpc) is 2.35. The van der Waals surface area contributed by atoms with Gasteiger partial charge in [-0.3, -0.25) is 0 Å². The molecule has 0 aromatic carbocycles. The Balaban J connectivity index is 2.00. The van der Waals surface area contributed by atoms with Gasteiger partial charge in [-0.15, -0.1) is 0 Å². The minimum absolute atomic E-state index is 0.527. The molecule has 1 aliphatic rings. The third-order valence-corrected chi connectivity index (χ3v) is 3.70. The van der Waals surface area contributed by atoms with Gasteiger partial charge < -0.3 is 20.3 Å². The Labute approximate surface area is 112 Å². The van der Waals surface area contributed by atoms with E-state index in [-0.39, 0.29) is 0 Å². The molecule has 0 amide bonds. The number of hydrogen-bond acceptors (Lipinski definition) is 4. The van der Waals surface area contributed by atoms with E-state index in [9.17, 15) is 0 Å². The minimum atomic E-state index is 0.527. The lowest BCUT2D eigenvalue weighted by Gasteiger charge is -2.27. The van der Waals surface area contributed by atoms with Crippen LogP contribution in [0.2, 0.25) is 0 Å². The van der Waals surface area contributed by atoms with Crippen molar-refractivity contribution in [3.63, 3.8) is 0 Å². The van der Waals surface area contributed by atoms with Gasteiger partial charge in [-0.05, 0) is 53.8 Å². The molecule has 0 aromatic rings. The molecular formula is C14H31N3O. The summed E-state index contributed by atoms with van der Waals surface area (Å²) in [5, 5.41) is 7.10. The molecule has 1 fully saturated rings. The first-order chi connectivity index (χ1) is 8.59. The monoisotopic (exact) mass is 257 g/mol. The van der Waals surface area contributed by atoms with Crippen LogP contribution in [0.15, 0.2) is 0 Å². The maximum Gasteiger partial charge on any atom is 0.0620 e. The Hall–Kier alpha value is -0.160. The zero-order valence-corrected chi connectivity index (χ0v) is 12.5. The molecule has 0 spiro atoms. The maximum absolute atomic E-state index is 5.47. The zero-order valence-electron chi connectivity index (χ0n) is 12.5. The fraction of sp³-hybridized carbons (Fsp3) is 1.00. The molecule has 0 aliphatic carbocycles. The second-order valence-corrected chi connectivity index (χ2v) is 5.74. The van der Waals surface area contributed by atoms with Crippen LogP contribution in [-0.4, -0.2) is 62.9 Å². The molecule has 0 saturated carbocycles. The van der Waals surface area contributed by atoms with E-state index in [4.69, 9.17) is 4.74 Å². The standard InChI is InChI=1S/C14H31N3O/c1-12(2)17(4)8-5-6-15-13(3)10-14-11-18-9-7-16-14/h12-16H,5-11H2,1-4H3. The van der Waals surface area contributed by atoms with Crippen molar-refractivity contribution in [2.45, 2.75) is 51.7 Å².